The Labute approximate surface area is 123 Å². The number of rotatable bonds is 7. The van der Waals surface area contributed by atoms with Crippen molar-refractivity contribution in [3.8, 4) is 5.75 Å². The first kappa shape index (κ1) is 15.6. The molecule has 5 heteroatoms. The number of nitrogens with one attached hydrogen (secondary N) is 1. The summed E-state index contributed by atoms with van der Waals surface area (Å²) in [5.41, 5.74) is 0. The average molecular weight is 299 g/mol. The van der Waals surface area contributed by atoms with Crippen LogP contribution in [-0.2, 0) is 0 Å². The molecule has 1 aromatic rings. The first-order valence-electron chi connectivity index (χ1n) is 6.99. The summed E-state index contributed by atoms with van der Waals surface area (Å²) < 4.78 is 18.9. The first-order chi connectivity index (χ1) is 9.59. The van der Waals surface area contributed by atoms with Crippen LogP contribution in [0.4, 0.5) is 4.39 Å². The highest BCUT2D eigenvalue weighted by Crippen LogP contribution is 2.36. The largest absolute Gasteiger partial charge is 0.488 e. The molecule has 0 aliphatic carbocycles. The van der Waals surface area contributed by atoms with Crippen LogP contribution in [0.15, 0.2) is 24.3 Å². The van der Waals surface area contributed by atoms with E-state index in [0.29, 0.717) is 6.54 Å². The van der Waals surface area contributed by atoms with Crippen LogP contribution < -0.4 is 10.1 Å². The average Bonchev–Trinajstić information content (AvgIpc) is 2.85. The molecule has 20 heavy (non-hydrogen) atoms. The van der Waals surface area contributed by atoms with Gasteiger partial charge in [-0.05, 0) is 37.7 Å². The molecule has 2 rings (SSSR count). The van der Waals surface area contributed by atoms with Crippen LogP contribution in [0, 0.1) is 5.82 Å². The highest BCUT2D eigenvalue weighted by molar-refractivity contribution is 8.00. The summed E-state index contributed by atoms with van der Waals surface area (Å²) in [5.74, 6) is 1.00. The van der Waals surface area contributed by atoms with Gasteiger partial charge < -0.3 is 15.2 Å². The molecule has 0 saturated carbocycles. The number of thioether (sulfide) groups is 1. The Bertz CT molecular complexity index is 424. The van der Waals surface area contributed by atoms with Gasteiger partial charge in [-0.2, -0.15) is 11.8 Å². The van der Waals surface area contributed by atoms with Crippen molar-refractivity contribution in [1.82, 2.24) is 5.32 Å². The predicted octanol–water partition coefficient (Wildman–Crippen LogP) is 2.44. The van der Waals surface area contributed by atoms with Gasteiger partial charge in [0.15, 0.2) is 11.6 Å². The number of para-hydroxylation sites is 1. The molecule has 0 aromatic heterocycles. The number of hydrogen-bond donors (Lipinski definition) is 2. The van der Waals surface area contributed by atoms with Crippen LogP contribution in [-0.4, -0.2) is 41.4 Å². The van der Waals surface area contributed by atoms with Crippen LogP contribution in [0.5, 0.6) is 5.75 Å². The zero-order chi connectivity index (χ0) is 14.4. The Morgan fingerprint density at radius 1 is 1.50 bits per heavy atom. The second-order valence-corrected chi connectivity index (χ2v) is 7.11. The molecule has 1 aliphatic heterocycles. The van der Waals surface area contributed by atoms with Crippen molar-refractivity contribution in [1.29, 1.82) is 0 Å². The Morgan fingerprint density at radius 3 is 3.00 bits per heavy atom. The van der Waals surface area contributed by atoms with Gasteiger partial charge in [0.2, 0.25) is 0 Å². The molecule has 1 fully saturated rings. The van der Waals surface area contributed by atoms with Crippen LogP contribution in [0.2, 0.25) is 0 Å². The zero-order valence-electron chi connectivity index (χ0n) is 11.8. The minimum absolute atomic E-state index is 0.0950. The first-order valence-corrected chi connectivity index (χ1v) is 7.98. The van der Waals surface area contributed by atoms with Gasteiger partial charge in [0, 0.05) is 17.8 Å². The fraction of sp³-hybridized carbons (Fsp3) is 0.600. The lowest BCUT2D eigenvalue weighted by Crippen LogP contribution is -2.39. The van der Waals surface area contributed by atoms with Crippen molar-refractivity contribution >= 4 is 11.8 Å². The van der Waals surface area contributed by atoms with Crippen molar-refractivity contribution in [2.45, 2.75) is 30.6 Å². The number of halogens is 1. The summed E-state index contributed by atoms with van der Waals surface area (Å²) in [6, 6.07) is 6.23. The van der Waals surface area contributed by atoms with E-state index in [-0.39, 0.29) is 17.1 Å². The Kier molecular flexibility index (Phi) is 5.69. The molecule has 0 spiro atoms. The Balaban J connectivity index is 1.65. The molecule has 2 atom stereocenters. The highest BCUT2D eigenvalue weighted by atomic mass is 32.2. The minimum atomic E-state index is -0.635. The van der Waals surface area contributed by atoms with Crippen LogP contribution in [0.25, 0.3) is 0 Å². The maximum Gasteiger partial charge on any atom is 0.165 e. The second-order valence-electron chi connectivity index (χ2n) is 5.43. The molecular weight excluding hydrogens is 277 g/mol. The predicted molar refractivity (Wildman–Crippen MR) is 80.9 cm³/mol. The van der Waals surface area contributed by atoms with E-state index in [0.717, 1.165) is 6.54 Å². The molecule has 2 unspecified atom stereocenters. The minimum Gasteiger partial charge on any atom is -0.488 e. The van der Waals surface area contributed by atoms with E-state index in [1.165, 1.54) is 24.7 Å². The Morgan fingerprint density at radius 2 is 2.30 bits per heavy atom. The van der Waals surface area contributed by atoms with E-state index in [9.17, 15) is 9.50 Å². The molecule has 1 saturated heterocycles. The van der Waals surface area contributed by atoms with Crippen molar-refractivity contribution in [2.24, 2.45) is 0 Å². The van der Waals surface area contributed by atoms with Gasteiger partial charge in [-0.1, -0.05) is 12.1 Å². The lowest BCUT2D eigenvalue weighted by molar-refractivity contribution is 0.104. The van der Waals surface area contributed by atoms with E-state index in [1.54, 1.807) is 18.2 Å². The molecule has 1 heterocycles. The number of hydrogen-bond acceptors (Lipinski definition) is 4. The highest BCUT2D eigenvalue weighted by Gasteiger charge is 2.28. The molecular formula is C15H22FNO2S. The second kappa shape index (κ2) is 7.29. The van der Waals surface area contributed by atoms with Crippen molar-refractivity contribution in [3.63, 3.8) is 0 Å². The van der Waals surface area contributed by atoms with Gasteiger partial charge in [0.25, 0.3) is 0 Å². The van der Waals surface area contributed by atoms with Crippen molar-refractivity contribution in [2.75, 3.05) is 25.4 Å². The van der Waals surface area contributed by atoms with E-state index in [4.69, 9.17) is 4.74 Å². The third kappa shape index (κ3) is 4.65. The monoisotopic (exact) mass is 299 g/mol. The Hall–Kier alpha value is -0.780. The molecule has 3 nitrogen and oxygen atoms in total. The van der Waals surface area contributed by atoms with Gasteiger partial charge in [0.1, 0.15) is 12.7 Å². The maximum absolute atomic E-state index is 13.3. The summed E-state index contributed by atoms with van der Waals surface area (Å²) in [4.78, 5) is 0. The van der Waals surface area contributed by atoms with E-state index in [2.05, 4.69) is 12.2 Å². The van der Waals surface area contributed by atoms with Crippen LogP contribution >= 0.6 is 11.8 Å². The molecule has 2 N–H and O–H groups in total. The van der Waals surface area contributed by atoms with Crippen molar-refractivity contribution < 1.29 is 14.2 Å². The van der Waals surface area contributed by atoms with E-state index in [1.807, 2.05) is 11.8 Å². The number of ether oxygens (including phenoxy) is 1. The topological polar surface area (TPSA) is 41.5 Å². The fourth-order valence-electron chi connectivity index (χ4n) is 2.29. The standard InChI is InChI=1S/C15H22FNO2S/c1-15(7-4-8-20-15)11-17-9-12(18)10-19-14-6-3-2-5-13(14)16/h2-3,5-6,12,17-18H,4,7-11H2,1H3. The quantitative estimate of drug-likeness (QED) is 0.811. The molecule has 0 bridgehead atoms. The fourth-order valence-corrected chi connectivity index (χ4v) is 3.56. The van der Waals surface area contributed by atoms with Gasteiger partial charge in [-0.25, -0.2) is 4.39 Å². The van der Waals surface area contributed by atoms with E-state index < -0.39 is 11.9 Å². The van der Waals surface area contributed by atoms with Crippen LogP contribution in [0.1, 0.15) is 19.8 Å². The van der Waals surface area contributed by atoms with Gasteiger partial charge in [-0.15, -0.1) is 0 Å². The SMILES string of the molecule is CC1(CNCC(O)COc2ccccc2F)CCCS1. The van der Waals surface area contributed by atoms with Crippen molar-refractivity contribution in [3.05, 3.63) is 30.1 Å². The molecule has 0 amide bonds. The van der Waals surface area contributed by atoms with Gasteiger partial charge >= 0.3 is 0 Å². The number of benzene rings is 1. The summed E-state index contributed by atoms with van der Waals surface area (Å²) in [5, 5.41) is 13.1. The lowest BCUT2D eigenvalue weighted by Gasteiger charge is -2.24. The summed E-state index contributed by atoms with van der Waals surface area (Å²) in [6.45, 7) is 3.69. The van der Waals surface area contributed by atoms with E-state index >= 15 is 0 Å². The third-order valence-electron chi connectivity index (χ3n) is 3.45. The lowest BCUT2D eigenvalue weighted by atomic mass is 10.1. The van der Waals surface area contributed by atoms with Gasteiger partial charge in [-0.3, -0.25) is 0 Å². The summed E-state index contributed by atoms with van der Waals surface area (Å²) in [6.07, 6.45) is 1.85. The van der Waals surface area contributed by atoms with Crippen LogP contribution in [0.3, 0.4) is 0 Å². The number of aliphatic hydroxyl groups excluding tert-OH is 1. The molecule has 112 valence electrons. The zero-order valence-corrected chi connectivity index (χ0v) is 12.6. The maximum atomic E-state index is 13.3. The summed E-state index contributed by atoms with van der Waals surface area (Å²) in [7, 11) is 0. The summed E-state index contributed by atoms with van der Waals surface area (Å²) >= 11 is 1.98. The smallest absolute Gasteiger partial charge is 0.165 e. The van der Waals surface area contributed by atoms with Gasteiger partial charge in [0.05, 0.1) is 0 Å². The third-order valence-corrected chi connectivity index (χ3v) is 4.99. The normalized spacial score (nSPS) is 23.8. The molecule has 0 radical (unpaired) electrons. The molecule has 1 aliphatic rings. The number of aliphatic hydroxyl groups is 1. The molecule has 1 aromatic carbocycles.